The molecule has 0 bridgehead atoms. The number of hydrogen-bond acceptors (Lipinski definition) is 4. The van der Waals surface area contributed by atoms with E-state index in [0.29, 0.717) is 6.54 Å². The zero-order valence-corrected chi connectivity index (χ0v) is 19.1. The molecule has 1 fully saturated rings. The second kappa shape index (κ2) is 8.49. The van der Waals surface area contributed by atoms with E-state index in [1.54, 1.807) is 11.3 Å². The third-order valence-electron chi connectivity index (χ3n) is 5.62. The minimum absolute atomic E-state index is 0.145. The largest absolute Gasteiger partial charge is 0.454 e. The molecule has 1 saturated heterocycles. The molecule has 0 atom stereocenters. The number of hydrogen-bond donors (Lipinski definition) is 3. The molecule has 3 aromatic rings. The molecule has 3 heterocycles. The number of nitrogens with zero attached hydrogens (tertiary/aromatic N) is 1. The summed E-state index contributed by atoms with van der Waals surface area (Å²) >= 11 is 1.71. The highest BCUT2D eigenvalue weighted by Crippen LogP contribution is 2.33. The Kier molecular flexibility index (Phi) is 5.95. The van der Waals surface area contributed by atoms with Crippen LogP contribution in [0, 0.1) is 6.92 Å². The van der Waals surface area contributed by atoms with E-state index in [0.717, 1.165) is 65.7 Å². The SMILES string of the molecule is Cc1c(-c2csc(C[NH+]3CC[NH+](CC(=O)NC(C)(C)C)CC3)n2)oc2ccccc12. The molecule has 1 aliphatic heterocycles. The number of furan rings is 1. The van der Waals surface area contributed by atoms with Crippen LogP contribution >= 0.6 is 11.3 Å². The average molecular weight is 429 g/mol. The van der Waals surface area contributed by atoms with Crippen molar-refractivity contribution in [2.75, 3.05) is 32.7 Å². The molecule has 4 rings (SSSR count). The molecule has 7 heteroatoms. The zero-order valence-electron chi connectivity index (χ0n) is 18.3. The van der Waals surface area contributed by atoms with Crippen LogP contribution in [-0.2, 0) is 11.3 Å². The van der Waals surface area contributed by atoms with Crippen LogP contribution in [0.4, 0.5) is 0 Å². The number of amides is 1. The highest BCUT2D eigenvalue weighted by Gasteiger charge is 2.27. The van der Waals surface area contributed by atoms with Gasteiger partial charge in [-0.3, -0.25) is 4.79 Å². The van der Waals surface area contributed by atoms with Crippen LogP contribution in [0.3, 0.4) is 0 Å². The number of fused-ring (bicyclic) bond motifs is 1. The number of quaternary nitrogens is 2. The van der Waals surface area contributed by atoms with E-state index in [4.69, 9.17) is 9.40 Å². The lowest BCUT2D eigenvalue weighted by molar-refractivity contribution is -1.02. The predicted octanol–water partition coefficient (Wildman–Crippen LogP) is 1.06. The van der Waals surface area contributed by atoms with E-state index < -0.39 is 0 Å². The molecule has 1 aromatic carbocycles. The van der Waals surface area contributed by atoms with Crippen molar-refractivity contribution in [3.8, 4) is 11.5 Å². The van der Waals surface area contributed by atoms with Gasteiger partial charge in [0.1, 0.15) is 49.0 Å². The number of carbonyl (C=O) groups is 1. The van der Waals surface area contributed by atoms with Crippen LogP contribution in [0.1, 0.15) is 31.3 Å². The van der Waals surface area contributed by atoms with Crippen LogP contribution in [0.15, 0.2) is 34.1 Å². The van der Waals surface area contributed by atoms with Gasteiger partial charge in [-0.25, -0.2) is 4.98 Å². The summed E-state index contributed by atoms with van der Waals surface area (Å²) in [5.74, 6) is 1.03. The lowest BCUT2D eigenvalue weighted by atomic mass is 10.1. The minimum atomic E-state index is -0.162. The monoisotopic (exact) mass is 428 g/mol. The van der Waals surface area contributed by atoms with Gasteiger partial charge < -0.3 is 19.5 Å². The summed E-state index contributed by atoms with van der Waals surface area (Å²) in [4.78, 5) is 20.0. The Hall–Kier alpha value is -2.22. The number of piperazine rings is 1. The minimum Gasteiger partial charge on any atom is -0.454 e. The number of thiazole rings is 1. The Morgan fingerprint density at radius 3 is 2.57 bits per heavy atom. The molecule has 0 spiro atoms. The highest BCUT2D eigenvalue weighted by molar-refractivity contribution is 7.09. The molecule has 160 valence electrons. The van der Waals surface area contributed by atoms with Gasteiger partial charge in [-0.05, 0) is 33.8 Å². The Morgan fingerprint density at radius 2 is 1.87 bits per heavy atom. The summed E-state index contributed by atoms with van der Waals surface area (Å²) in [6.07, 6.45) is 0. The zero-order chi connectivity index (χ0) is 21.3. The van der Waals surface area contributed by atoms with Crippen molar-refractivity contribution in [1.29, 1.82) is 0 Å². The summed E-state index contributed by atoms with van der Waals surface area (Å²) in [7, 11) is 0. The second-order valence-corrected chi connectivity index (χ2v) is 10.3. The number of benzene rings is 1. The van der Waals surface area contributed by atoms with E-state index in [1.165, 1.54) is 9.80 Å². The van der Waals surface area contributed by atoms with Gasteiger partial charge >= 0.3 is 0 Å². The van der Waals surface area contributed by atoms with E-state index in [2.05, 4.69) is 23.7 Å². The lowest BCUT2D eigenvalue weighted by Crippen LogP contribution is -3.28. The summed E-state index contributed by atoms with van der Waals surface area (Å²) in [6.45, 7) is 13.9. The topological polar surface area (TPSA) is 64.0 Å². The van der Waals surface area contributed by atoms with Crippen LogP contribution in [0.25, 0.3) is 22.4 Å². The fraction of sp³-hybridized carbons (Fsp3) is 0.478. The molecule has 6 nitrogen and oxygen atoms in total. The molecule has 0 saturated carbocycles. The van der Waals surface area contributed by atoms with Crippen molar-refractivity contribution in [3.63, 3.8) is 0 Å². The average Bonchev–Trinajstić information content (AvgIpc) is 3.27. The summed E-state index contributed by atoms with van der Waals surface area (Å²) in [5, 5.41) is 7.48. The van der Waals surface area contributed by atoms with E-state index in [-0.39, 0.29) is 11.4 Å². The molecule has 0 radical (unpaired) electrons. The number of aromatic nitrogens is 1. The van der Waals surface area contributed by atoms with Crippen molar-refractivity contribution in [3.05, 3.63) is 40.2 Å². The molecular weight excluding hydrogens is 396 g/mol. The molecule has 1 aliphatic rings. The van der Waals surface area contributed by atoms with E-state index >= 15 is 0 Å². The molecular formula is C23H32N4O2S+2. The van der Waals surface area contributed by atoms with Crippen LogP contribution in [0.5, 0.6) is 0 Å². The lowest BCUT2D eigenvalue weighted by Gasteiger charge is -2.29. The molecule has 0 unspecified atom stereocenters. The van der Waals surface area contributed by atoms with Gasteiger partial charge in [0.05, 0.1) is 0 Å². The van der Waals surface area contributed by atoms with Crippen molar-refractivity contribution in [2.45, 2.75) is 39.8 Å². The number of rotatable bonds is 5. The molecule has 3 N–H and O–H groups in total. The van der Waals surface area contributed by atoms with Gasteiger partial charge in [-0.2, -0.15) is 0 Å². The number of carbonyl (C=O) groups excluding carboxylic acids is 1. The Balaban J connectivity index is 1.33. The van der Waals surface area contributed by atoms with E-state index in [1.807, 2.05) is 39.0 Å². The maximum Gasteiger partial charge on any atom is 0.275 e. The van der Waals surface area contributed by atoms with Crippen molar-refractivity contribution >= 4 is 28.2 Å². The van der Waals surface area contributed by atoms with Crippen molar-refractivity contribution < 1.29 is 19.0 Å². The van der Waals surface area contributed by atoms with Crippen LogP contribution in [0.2, 0.25) is 0 Å². The predicted molar refractivity (Wildman–Crippen MR) is 120 cm³/mol. The van der Waals surface area contributed by atoms with Crippen LogP contribution < -0.4 is 15.1 Å². The smallest absolute Gasteiger partial charge is 0.275 e. The standard InChI is InChI=1S/C23H30N4O2S/c1-16-17-7-5-6-8-19(17)29-22(16)18-15-30-21(24-18)14-27-11-9-26(10-12-27)13-20(28)25-23(2,3)4/h5-8,15H,9-14H2,1-4H3,(H,25,28)/p+2. The van der Waals surface area contributed by atoms with Gasteiger partial charge in [-0.1, -0.05) is 18.2 Å². The van der Waals surface area contributed by atoms with Gasteiger partial charge in [0.15, 0.2) is 12.3 Å². The summed E-state index contributed by atoms with van der Waals surface area (Å²) in [5.41, 5.74) is 2.84. The molecule has 0 aliphatic carbocycles. The van der Waals surface area contributed by atoms with Crippen molar-refractivity contribution in [1.82, 2.24) is 10.3 Å². The second-order valence-electron chi connectivity index (χ2n) is 9.33. The van der Waals surface area contributed by atoms with Crippen LogP contribution in [-0.4, -0.2) is 49.2 Å². The third kappa shape index (κ3) is 4.91. The fourth-order valence-corrected chi connectivity index (χ4v) is 4.97. The fourth-order valence-electron chi connectivity index (χ4n) is 4.13. The normalized spacial score (nSPS) is 19.9. The van der Waals surface area contributed by atoms with E-state index in [9.17, 15) is 4.79 Å². The van der Waals surface area contributed by atoms with Gasteiger partial charge in [0.2, 0.25) is 0 Å². The van der Waals surface area contributed by atoms with Gasteiger partial charge in [-0.15, -0.1) is 11.3 Å². The highest BCUT2D eigenvalue weighted by atomic mass is 32.1. The van der Waals surface area contributed by atoms with Crippen molar-refractivity contribution in [2.24, 2.45) is 0 Å². The molecule has 2 aromatic heterocycles. The number of para-hydroxylation sites is 1. The third-order valence-corrected chi connectivity index (χ3v) is 6.47. The summed E-state index contributed by atoms with van der Waals surface area (Å²) in [6, 6.07) is 8.14. The first-order valence-corrected chi connectivity index (χ1v) is 11.6. The summed E-state index contributed by atoms with van der Waals surface area (Å²) < 4.78 is 6.07. The maximum atomic E-state index is 12.2. The first-order chi connectivity index (χ1) is 14.3. The number of nitrogens with one attached hydrogen (secondary N) is 3. The maximum absolute atomic E-state index is 12.2. The first kappa shape index (κ1) is 21.0. The Labute approximate surface area is 181 Å². The molecule has 1 amide bonds. The molecule has 30 heavy (non-hydrogen) atoms. The van der Waals surface area contributed by atoms with Gasteiger partial charge in [0.25, 0.3) is 5.91 Å². The van der Waals surface area contributed by atoms with Gasteiger partial charge in [0, 0.05) is 21.9 Å². The Bertz CT molecular complexity index is 1030. The Morgan fingerprint density at radius 1 is 1.17 bits per heavy atom. The first-order valence-electron chi connectivity index (χ1n) is 10.7. The number of aryl methyl sites for hydroxylation is 1. The quantitative estimate of drug-likeness (QED) is 0.570.